The molecule has 3 aliphatic rings. The molecule has 1 aliphatic carbocycles. The number of halogens is 2. The highest BCUT2D eigenvalue weighted by molar-refractivity contribution is 6.31. The third-order valence-corrected chi connectivity index (χ3v) is 6.75. The van der Waals surface area contributed by atoms with Gasteiger partial charge in [0.2, 0.25) is 0 Å². The average molecular weight is 440 g/mol. The molecule has 0 radical (unpaired) electrons. The topological polar surface area (TPSA) is 91.6 Å². The first-order chi connectivity index (χ1) is 14.4. The number of benzene rings is 1. The van der Waals surface area contributed by atoms with E-state index in [2.05, 4.69) is 26.9 Å². The lowest BCUT2D eigenvalue weighted by Gasteiger charge is -2.46. The van der Waals surface area contributed by atoms with Crippen LogP contribution in [0.15, 0.2) is 18.2 Å². The van der Waals surface area contributed by atoms with Gasteiger partial charge in [-0.2, -0.15) is 0 Å². The number of nitrogens with one attached hydrogen (secondary N) is 3. The lowest BCUT2D eigenvalue weighted by Crippen LogP contribution is -2.65. The number of amides is 1. The lowest BCUT2D eigenvalue weighted by molar-refractivity contribution is -0.128. The third-order valence-electron chi connectivity index (χ3n) is 6.34. The van der Waals surface area contributed by atoms with Crippen molar-refractivity contribution in [2.75, 3.05) is 39.3 Å². The van der Waals surface area contributed by atoms with Gasteiger partial charge in [0.1, 0.15) is 0 Å². The Morgan fingerprint density at radius 3 is 2.97 bits per heavy atom. The summed E-state index contributed by atoms with van der Waals surface area (Å²) in [7, 11) is 0. The maximum absolute atomic E-state index is 14.1. The number of ether oxygens (including phenoxy) is 1. The Hall–Kier alpha value is -1.29. The van der Waals surface area contributed by atoms with Gasteiger partial charge in [-0.3, -0.25) is 20.3 Å². The molecule has 3 fully saturated rings. The standard InChI is InChI=1S/C21H31ClFN5O2/c1-13-2-3-14(8-17(13)22)18-25-10-15(11-26-20(29)21(23)4-5-21)19(27-18)28-6-7-30-16(9-24)12-28/h2-3,8,15-16,18-19,25,27H,4-7,9-12,24H2,1H3,(H,26,29). The van der Waals surface area contributed by atoms with Crippen LogP contribution in [-0.2, 0) is 9.53 Å². The summed E-state index contributed by atoms with van der Waals surface area (Å²) in [5.74, 6) is -0.416. The number of carbonyl (C=O) groups excluding carboxylic acids is 1. The van der Waals surface area contributed by atoms with E-state index in [1.54, 1.807) is 0 Å². The molecule has 0 bridgehead atoms. The lowest BCUT2D eigenvalue weighted by atomic mass is 9.98. The largest absolute Gasteiger partial charge is 0.374 e. The number of hydrogen-bond acceptors (Lipinski definition) is 6. The number of rotatable bonds is 6. The number of nitrogens with two attached hydrogens (primary N) is 1. The predicted octanol–water partition coefficient (Wildman–Crippen LogP) is 1.06. The van der Waals surface area contributed by atoms with Crippen LogP contribution in [0.1, 0.15) is 30.1 Å². The molecule has 2 aliphatic heterocycles. The third kappa shape index (κ3) is 4.79. The van der Waals surface area contributed by atoms with E-state index in [0.29, 0.717) is 45.6 Å². The van der Waals surface area contributed by atoms with Crippen LogP contribution < -0.4 is 21.7 Å². The number of hydrogen-bond donors (Lipinski definition) is 4. The fourth-order valence-corrected chi connectivity index (χ4v) is 4.38. The predicted molar refractivity (Wildman–Crippen MR) is 114 cm³/mol. The molecule has 4 unspecified atom stereocenters. The number of alkyl halides is 1. The van der Waals surface area contributed by atoms with E-state index in [9.17, 15) is 9.18 Å². The van der Waals surface area contributed by atoms with Gasteiger partial charge in [0.05, 0.1) is 25.0 Å². The van der Waals surface area contributed by atoms with Crippen molar-refractivity contribution in [2.24, 2.45) is 11.7 Å². The van der Waals surface area contributed by atoms with E-state index in [4.69, 9.17) is 22.1 Å². The number of morpholine rings is 1. The van der Waals surface area contributed by atoms with E-state index in [1.165, 1.54) is 0 Å². The Balaban J connectivity index is 1.48. The van der Waals surface area contributed by atoms with Gasteiger partial charge in [0, 0.05) is 43.7 Å². The Morgan fingerprint density at radius 2 is 2.27 bits per heavy atom. The average Bonchev–Trinajstić information content (AvgIpc) is 3.52. The Bertz CT molecular complexity index is 778. The van der Waals surface area contributed by atoms with Crippen LogP contribution in [-0.4, -0.2) is 68.1 Å². The molecule has 7 nitrogen and oxygen atoms in total. The van der Waals surface area contributed by atoms with Crippen LogP contribution in [0.3, 0.4) is 0 Å². The molecule has 4 rings (SSSR count). The van der Waals surface area contributed by atoms with Crippen molar-refractivity contribution in [1.29, 1.82) is 0 Å². The maximum Gasteiger partial charge on any atom is 0.257 e. The molecular formula is C21H31ClFN5O2. The molecule has 1 aromatic carbocycles. The van der Waals surface area contributed by atoms with Crippen molar-refractivity contribution in [1.82, 2.24) is 20.9 Å². The van der Waals surface area contributed by atoms with Gasteiger partial charge in [0.15, 0.2) is 5.67 Å². The molecule has 0 spiro atoms. The number of carbonyl (C=O) groups is 1. The Kier molecular flexibility index (Phi) is 6.62. The molecular weight excluding hydrogens is 409 g/mol. The van der Waals surface area contributed by atoms with Gasteiger partial charge in [-0.1, -0.05) is 23.7 Å². The van der Waals surface area contributed by atoms with Crippen LogP contribution in [0, 0.1) is 12.8 Å². The summed E-state index contributed by atoms with van der Waals surface area (Å²) < 4.78 is 19.8. The molecule has 30 heavy (non-hydrogen) atoms. The van der Waals surface area contributed by atoms with Gasteiger partial charge in [-0.15, -0.1) is 0 Å². The van der Waals surface area contributed by atoms with Crippen molar-refractivity contribution < 1.29 is 13.9 Å². The van der Waals surface area contributed by atoms with Crippen LogP contribution in [0.2, 0.25) is 5.02 Å². The minimum Gasteiger partial charge on any atom is -0.374 e. The van der Waals surface area contributed by atoms with Crippen LogP contribution >= 0.6 is 11.6 Å². The highest BCUT2D eigenvalue weighted by Gasteiger charge is 2.51. The van der Waals surface area contributed by atoms with Gasteiger partial charge >= 0.3 is 0 Å². The summed E-state index contributed by atoms with van der Waals surface area (Å²) in [4.78, 5) is 14.4. The Morgan fingerprint density at radius 1 is 1.47 bits per heavy atom. The van der Waals surface area contributed by atoms with E-state index in [-0.39, 0.29) is 24.4 Å². The molecule has 2 saturated heterocycles. The normalized spacial score (nSPS) is 31.3. The first-order valence-electron chi connectivity index (χ1n) is 10.7. The molecule has 1 amide bonds. The minimum absolute atomic E-state index is 0.00987. The number of nitrogens with zero attached hydrogens (tertiary/aromatic N) is 1. The quantitative estimate of drug-likeness (QED) is 0.530. The Labute approximate surface area is 181 Å². The first-order valence-corrected chi connectivity index (χ1v) is 11.1. The van der Waals surface area contributed by atoms with Crippen molar-refractivity contribution in [3.05, 3.63) is 34.3 Å². The van der Waals surface area contributed by atoms with E-state index in [0.717, 1.165) is 22.7 Å². The van der Waals surface area contributed by atoms with Crippen molar-refractivity contribution in [2.45, 2.75) is 43.9 Å². The van der Waals surface area contributed by atoms with Gasteiger partial charge in [-0.05, 0) is 37.0 Å². The second-order valence-corrected chi connectivity index (χ2v) is 9.03. The first kappa shape index (κ1) is 21.9. The van der Waals surface area contributed by atoms with Gasteiger partial charge in [-0.25, -0.2) is 4.39 Å². The molecule has 166 valence electrons. The van der Waals surface area contributed by atoms with Gasteiger partial charge in [0.25, 0.3) is 5.91 Å². The van der Waals surface area contributed by atoms with Crippen molar-refractivity contribution in [3.63, 3.8) is 0 Å². The molecule has 4 atom stereocenters. The van der Waals surface area contributed by atoms with Crippen LogP contribution in [0.5, 0.6) is 0 Å². The second kappa shape index (κ2) is 9.06. The zero-order valence-electron chi connectivity index (χ0n) is 17.3. The molecule has 2 heterocycles. The highest BCUT2D eigenvalue weighted by atomic mass is 35.5. The summed E-state index contributed by atoms with van der Waals surface area (Å²) in [5.41, 5.74) is 6.27. The number of aryl methyl sites for hydroxylation is 1. The highest BCUT2D eigenvalue weighted by Crippen LogP contribution is 2.39. The molecule has 5 N–H and O–H groups in total. The van der Waals surface area contributed by atoms with E-state index in [1.807, 2.05) is 19.1 Å². The summed E-state index contributed by atoms with van der Waals surface area (Å²) in [6.45, 7) is 5.62. The fourth-order valence-electron chi connectivity index (χ4n) is 4.19. The minimum atomic E-state index is -1.66. The van der Waals surface area contributed by atoms with E-state index >= 15 is 0 Å². The van der Waals surface area contributed by atoms with Crippen molar-refractivity contribution in [3.8, 4) is 0 Å². The second-order valence-electron chi connectivity index (χ2n) is 8.62. The summed E-state index contributed by atoms with van der Waals surface area (Å²) in [6.07, 6.45) is 0.542. The van der Waals surface area contributed by atoms with Crippen LogP contribution in [0.25, 0.3) is 0 Å². The monoisotopic (exact) mass is 439 g/mol. The summed E-state index contributed by atoms with van der Waals surface area (Å²) in [6, 6.07) is 6.05. The fraction of sp³-hybridized carbons (Fsp3) is 0.667. The van der Waals surface area contributed by atoms with E-state index < -0.39 is 11.6 Å². The SMILES string of the molecule is Cc1ccc(C2NCC(CNC(=O)C3(F)CC3)C(N3CCOC(CN)C3)N2)cc1Cl. The maximum atomic E-state index is 14.1. The zero-order valence-corrected chi connectivity index (χ0v) is 18.1. The molecule has 9 heteroatoms. The smallest absolute Gasteiger partial charge is 0.257 e. The molecule has 1 saturated carbocycles. The summed E-state index contributed by atoms with van der Waals surface area (Å²) >= 11 is 6.34. The van der Waals surface area contributed by atoms with Gasteiger partial charge < -0.3 is 15.8 Å². The summed E-state index contributed by atoms with van der Waals surface area (Å²) in [5, 5.41) is 10.7. The molecule has 0 aromatic heterocycles. The van der Waals surface area contributed by atoms with Crippen molar-refractivity contribution >= 4 is 17.5 Å². The van der Waals surface area contributed by atoms with Crippen LogP contribution in [0.4, 0.5) is 4.39 Å². The zero-order chi connectivity index (χ0) is 21.3. The molecule has 1 aromatic rings.